The summed E-state index contributed by atoms with van der Waals surface area (Å²) in [5, 5.41) is 14.9. The molecule has 0 bridgehead atoms. The Morgan fingerprint density at radius 2 is 1.97 bits per heavy atom. The van der Waals surface area contributed by atoms with Gasteiger partial charge in [0, 0.05) is 12.0 Å². The largest absolute Gasteiger partial charge is 0.387 e. The number of aliphatic hydroxyl groups is 1. The minimum absolute atomic E-state index is 0.154. The molecular weight excluding hydrogens is 480 g/mol. The Bertz CT molecular complexity index is 1140. The number of halogens is 2. The van der Waals surface area contributed by atoms with Gasteiger partial charge in [0.05, 0.1) is 11.6 Å². The van der Waals surface area contributed by atoms with Crippen LogP contribution in [-0.2, 0) is 4.79 Å². The van der Waals surface area contributed by atoms with Gasteiger partial charge < -0.3 is 10.4 Å². The number of amides is 1. The van der Waals surface area contributed by atoms with E-state index in [-0.39, 0.29) is 12.8 Å². The Balaban J connectivity index is 2.65. The van der Waals surface area contributed by atoms with Crippen LogP contribution in [0.25, 0.3) is 5.57 Å². The highest BCUT2D eigenvalue weighted by molar-refractivity contribution is 5.99. The fourth-order valence-electron chi connectivity index (χ4n) is 4.93. The molecule has 0 spiro atoms. The molecule has 5 heteroatoms. The van der Waals surface area contributed by atoms with E-state index in [2.05, 4.69) is 18.5 Å². The van der Waals surface area contributed by atoms with Crippen molar-refractivity contribution in [3.8, 4) is 0 Å². The maximum absolute atomic E-state index is 13.9. The molecule has 0 radical (unpaired) electrons. The van der Waals surface area contributed by atoms with Gasteiger partial charge in [0.15, 0.2) is 0 Å². The predicted octanol–water partition coefficient (Wildman–Crippen LogP) is 8.34. The molecule has 2 N–H and O–H groups in total. The molecule has 204 valence electrons. The fraction of sp³-hybridized carbons (Fsp3) is 0.364. The van der Waals surface area contributed by atoms with Crippen molar-refractivity contribution in [2.75, 3.05) is 0 Å². The van der Waals surface area contributed by atoms with Gasteiger partial charge in [-0.25, -0.2) is 8.78 Å². The van der Waals surface area contributed by atoms with E-state index in [4.69, 9.17) is 0 Å². The molecule has 2 atom stereocenters. The number of rotatable bonds is 14. The van der Waals surface area contributed by atoms with Crippen molar-refractivity contribution in [1.82, 2.24) is 5.32 Å². The normalized spacial score (nSPS) is 16.7. The third-order valence-corrected chi connectivity index (χ3v) is 6.88. The van der Waals surface area contributed by atoms with Gasteiger partial charge in [-0.3, -0.25) is 4.79 Å². The van der Waals surface area contributed by atoms with Gasteiger partial charge in [-0.1, -0.05) is 99.7 Å². The van der Waals surface area contributed by atoms with E-state index in [0.29, 0.717) is 24.0 Å². The molecule has 0 saturated carbocycles. The van der Waals surface area contributed by atoms with Gasteiger partial charge in [0.2, 0.25) is 6.43 Å². The number of hydrogen-bond acceptors (Lipinski definition) is 2. The van der Waals surface area contributed by atoms with Crippen LogP contribution >= 0.6 is 0 Å². The average Bonchev–Trinajstić information content (AvgIpc) is 3.15. The number of allylic oxidation sites excluding steroid dienone is 10. The summed E-state index contributed by atoms with van der Waals surface area (Å²) in [6.45, 7) is 13.5. The zero-order valence-corrected chi connectivity index (χ0v) is 22.9. The predicted molar refractivity (Wildman–Crippen MR) is 155 cm³/mol. The lowest BCUT2D eigenvalue weighted by atomic mass is 9.80. The first-order valence-corrected chi connectivity index (χ1v) is 13.3. The number of benzene rings is 1. The van der Waals surface area contributed by atoms with Crippen LogP contribution in [0.15, 0.2) is 103 Å². The van der Waals surface area contributed by atoms with Gasteiger partial charge in [-0.2, -0.15) is 0 Å². The van der Waals surface area contributed by atoms with Crippen LogP contribution in [0, 0.1) is 0 Å². The van der Waals surface area contributed by atoms with Gasteiger partial charge in [-0.15, -0.1) is 0 Å². The van der Waals surface area contributed by atoms with Crippen molar-refractivity contribution in [2.45, 2.75) is 77.4 Å². The molecular formula is C33H41F2NO2. The minimum Gasteiger partial charge on any atom is -0.387 e. The topological polar surface area (TPSA) is 49.3 Å². The first kappa shape index (κ1) is 30.9. The van der Waals surface area contributed by atoms with E-state index in [9.17, 15) is 18.7 Å². The lowest BCUT2D eigenvalue weighted by Gasteiger charge is -2.38. The van der Waals surface area contributed by atoms with Gasteiger partial charge in [0.1, 0.15) is 0 Å². The van der Waals surface area contributed by atoms with Crippen molar-refractivity contribution in [2.24, 2.45) is 0 Å². The van der Waals surface area contributed by atoms with Gasteiger partial charge >= 0.3 is 0 Å². The summed E-state index contributed by atoms with van der Waals surface area (Å²) in [4.78, 5) is 13.9. The standard InChI is InChI=1S/C33H41F2NO2/c1-6-15-29(28-19-13-11-12-16-25(28)10-5)32(37)36-31(33(38,21-7-2)22-20-30(34)35)27-18-14-17-26(23-27)24(8-3)9-4/h6,8-9,11-15,17-19,23,30-31,38H,1,3,7,10,16,20-22H2,2,4-5H3,(H,36,37)/b24-9+,29-15+. The van der Waals surface area contributed by atoms with Crippen molar-refractivity contribution in [3.05, 3.63) is 114 Å². The summed E-state index contributed by atoms with van der Waals surface area (Å²) in [6.07, 6.45) is 13.8. The summed E-state index contributed by atoms with van der Waals surface area (Å²) in [5.74, 6) is -0.394. The maximum atomic E-state index is 13.9. The fourth-order valence-corrected chi connectivity index (χ4v) is 4.93. The van der Waals surface area contributed by atoms with E-state index in [1.807, 2.05) is 75.4 Å². The summed E-state index contributed by atoms with van der Waals surface area (Å²) in [6, 6.07) is 6.55. The number of nitrogens with one attached hydrogen (secondary N) is 1. The molecule has 2 rings (SSSR count). The quantitative estimate of drug-likeness (QED) is 0.191. The monoisotopic (exact) mass is 521 g/mol. The second-order valence-electron chi connectivity index (χ2n) is 9.44. The van der Waals surface area contributed by atoms with E-state index in [1.165, 1.54) is 0 Å². The Morgan fingerprint density at radius 3 is 2.58 bits per heavy atom. The highest BCUT2D eigenvalue weighted by atomic mass is 19.3. The third kappa shape index (κ3) is 8.09. The Labute approximate surface area is 226 Å². The van der Waals surface area contributed by atoms with Crippen LogP contribution in [0.4, 0.5) is 8.78 Å². The zero-order valence-electron chi connectivity index (χ0n) is 22.9. The molecule has 38 heavy (non-hydrogen) atoms. The molecule has 1 aromatic carbocycles. The van der Waals surface area contributed by atoms with E-state index >= 15 is 0 Å². The van der Waals surface area contributed by atoms with Crippen molar-refractivity contribution in [1.29, 1.82) is 0 Å². The first-order valence-electron chi connectivity index (χ1n) is 13.3. The number of alkyl halides is 2. The summed E-state index contributed by atoms with van der Waals surface area (Å²) < 4.78 is 26.7. The van der Waals surface area contributed by atoms with Gasteiger partial charge in [0.25, 0.3) is 5.91 Å². The number of hydrogen-bond donors (Lipinski definition) is 2. The lowest BCUT2D eigenvalue weighted by Crippen LogP contribution is -2.47. The highest BCUT2D eigenvalue weighted by Gasteiger charge is 2.39. The molecule has 0 saturated heterocycles. The van der Waals surface area contributed by atoms with Gasteiger partial charge in [-0.05, 0) is 67.0 Å². The molecule has 1 aliphatic carbocycles. The molecule has 1 aromatic rings. The smallest absolute Gasteiger partial charge is 0.252 e. The second-order valence-corrected chi connectivity index (χ2v) is 9.44. The number of carbonyl (C=O) groups is 1. The molecule has 0 aromatic heterocycles. The summed E-state index contributed by atoms with van der Waals surface area (Å²) >= 11 is 0. The zero-order chi connectivity index (χ0) is 28.1. The van der Waals surface area contributed by atoms with E-state index < -0.39 is 30.4 Å². The molecule has 0 fully saturated rings. The van der Waals surface area contributed by atoms with Crippen LogP contribution in [0.3, 0.4) is 0 Å². The molecule has 0 aliphatic heterocycles. The lowest BCUT2D eigenvalue weighted by molar-refractivity contribution is -0.121. The van der Waals surface area contributed by atoms with Crippen molar-refractivity contribution < 1.29 is 18.7 Å². The van der Waals surface area contributed by atoms with Crippen LogP contribution in [0.1, 0.15) is 76.5 Å². The van der Waals surface area contributed by atoms with E-state index in [1.54, 1.807) is 18.2 Å². The molecule has 0 heterocycles. The second kappa shape index (κ2) is 15.2. The Hall–Kier alpha value is -3.31. The Kier molecular flexibility index (Phi) is 12.4. The SMILES string of the molecule is C=C/C=C(/C(=O)NC(c1cccc(/C(C=C)=C/C)c1)C(O)(CCC)CCC(F)F)C1=C(CC)CC=CC=C1. The molecule has 1 amide bonds. The molecule has 3 nitrogen and oxygen atoms in total. The first-order chi connectivity index (χ1) is 18.2. The van der Waals surface area contributed by atoms with Crippen molar-refractivity contribution >= 4 is 11.5 Å². The maximum Gasteiger partial charge on any atom is 0.252 e. The third-order valence-electron chi connectivity index (χ3n) is 6.88. The van der Waals surface area contributed by atoms with Crippen LogP contribution in [0.5, 0.6) is 0 Å². The minimum atomic E-state index is -2.56. The van der Waals surface area contributed by atoms with Crippen LogP contribution in [-0.4, -0.2) is 23.0 Å². The Morgan fingerprint density at radius 1 is 1.21 bits per heavy atom. The molecule has 1 aliphatic rings. The van der Waals surface area contributed by atoms with E-state index in [0.717, 1.165) is 28.7 Å². The average molecular weight is 522 g/mol. The van der Waals surface area contributed by atoms with Crippen molar-refractivity contribution in [3.63, 3.8) is 0 Å². The summed E-state index contributed by atoms with van der Waals surface area (Å²) in [7, 11) is 0. The number of carbonyl (C=O) groups excluding carboxylic acids is 1. The van der Waals surface area contributed by atoms with Crippen LogP contribution in [0.2, 0.25) is 0 Å². The molecule has 2 unspecified atom stereocenters. The summed E-state index contributed by atoms with van der Waals surface area (Å²) in [5.41, 5.74) is 3.14. The van der Waals surface area contributed by atoms with Crippen LogP contribution < -0.4 is 5.32 Å². The highest BCUT2D eigenvalue weighted by Crippen LogP contribution is 2.37.